The molecule has 36 heavy (non-hydrogen) atoms. The van der Waals surface area contributed by atoms with Gasteiger partial charge in [0.1, 0.15) is 0 Å². The zero-order valence-electron chi connectivity index (χ0n) is 20.2. The molecular weight excluding hydrogens is 476 g/mol. The van der Waals surface area contributed by atoms with Crippen molar-refractivity contribution >= 4 is 40.6 Å². The minimum absolute atomic E-state index is 0.193. The van der Waals surface area contributed by atoms with E-state index in [1.54, 1.807) is 24.3 Å². The molecular formula is C28H26N2O5S. The van der Waals surface area contributed by atoms with Gasteiger partial charge in [0.15, 0.2) is 18.1 Å². The van der Waals surface area contributed by atoms with Crippen LogP contribution in [0, 0.1) is 13.8 Å². The second-order valence-electron chi connectivity index (χ2n) is 8.25. The number of imide groups is 1. The summed E-state index contributed by atoms with van der Waals surface area (Å²) in [6.45, 7) is 3.96. The highest BCUT2D eigenvalue weighted by molar-refractivity contribution is 8.18. The number of hydrogen-bond acceptors (Lipinski definition) is 6. The van der Waals surface area contributed by atoms with Gasteiger partial charge in [-0.05, 0) is 72.1 Å². The molecule has 0 saturated carbocycles. The standard InChI is InChI=1S/C28H26N2O5S/c1-18-8-7-11-22(19(18)2)29-26(31)17-35-23-13-12-21(14-24(23)34-3)15-25-27(32)30(28(33)36-25)16-20-9-5-4-6-10-20/h4-15H,16-17H2,1-3H3,(H,29,31)/b25-15-. The Labute approximate surface area is 214 Å². The van der Waals surface area contributed by atoms with Crippen LogP contribution in [0.1, 0.15) is 22.3 Å². The molecule has 0 aromatic heterocycles. The van der Waals surface area contributed by atoms with Crippen molar-refractivity contribution in [1.29, 1.82) is 0 Å². The Kier molecular flexibility index (Phi) is 7.75. The zero-order valence-corrected chi connectivity index (χ0v) is 21.1. The Hall–Kier alpha value is -4.04. The highest BCUT2D eigenvalue weighted by Crippen LogP contribution is 2.35. The fourth-order valence-electron chi connectivity index (χ4n) is 3.66. The second-order valence-corrected chi connectivity index (χ2v) is 9.24. The number of hydrogen-bond donors (Lipinski definition) is 1. The van der Waals surface area contributed by atoms with E-state index < -0.39 is 0 Å². The molecule has 0 aliphatic carbocycles. The van der Waals surface area contributed by atoms with E-state index in [-0.39, 0.29) is 30.2 Å². The van der Waals surface area contributed by atoms with E-state index in [4.69, 9.17) is 9.47 Å². The van der Waals surface area contributed by atoms with Gasteiger partial charge in [0.05, 0.1) is 18.6 Å². The van der Waals surface area contributed by atoms with Gasteiger partial charge >= 0.3 is 0 Å². The van der Waals surface area contributed by atoms with Crippen LogP contribution < -0.4 is 14.8 Å². The summed E-state index contributed by atoms with van der Waals surface area (Å²) in [4.78, 5) is 39.2. The summed E-state index contributed by atoms with van der Waals surface area (Å²) >= 11 is 0.904. The Morgan fingerprint density at radius 3 is 2.53 bits per heavy atom. The van der Waals surface area contributed by atoms with E-state index in [2.05, 4.69) is 5.32 Å². The molecule has 4 rings (SSSR count). The molecule has 1 heterocycles. The summed E-state index contributed by atoms with van der Waals surface area (Å²) in [5, 5.41) is 2.55. The van der Waals surface area contributed by atoms with Gasteiger partial charge in [-0.15, -0.1) is 0 Å². The second kappa shape index (κ2) is 11.1. The van der Waals surface area contributed by atoms with Crippen molar-refractivity contribution in [3.63, 3.8) is 0 Å². The van der Waals surface area contributed by atoms with Crippen molar-refractivity contribution in [1.82, 2.24) is 4.90 Å². The van der Waals surface area contributed by atoms with Crippen LogP contribution in [0.3, 0.4) is 0 Å². The Bertz CT molecular complexity index is 1340. The van der Waals surface area contributed by atoms with Crippen LogP contribution in [0.25, 0.3) is 6.08 Å². The maximum Gasteiger partial charge on any atom is 0.293 e. The van der Waals surface area contributed by atoms with Gasteiger partial charge in [-0.25, -0.2) is 0 Å². The molecule has 1 aliphatic heterocycles. The first-order valence-electron chi connectivity index (χ1n) is 11.3. The number of amides is 3. The van der Waals surface area contributed by atoms with Gasteiger partial charge in [0.25, 0.3) is 17.1 Å². The number of nitrogens with one attached hydrogen (secondary N) is 1. The topological polar surface area (TPSA) is 84.9 Å². The largest absolute Gasteiger partial charge is 0.493 e. The summed E-state index contributed by atoms with van der Waals surface area (Å²) in [5.41, 5.74) is 4.38. The lowest BCUT2D eigenvalue weighted by molar-refractivity contribution is -0.123. The van der Waals surface area contributed by atoms with Crippen molar-refractivity contribution in [2.75, 3.05) is 19.0 Å². The Balaban J connectivity index is 1.42. The van der Waals surface area contributed by atoms with Gasteiger partial charge in [0.2, 0.25) is 0 Å². The fraction of sp³-hybridized carbons (Fsp3) is 0.179. The molecule has 0 spiro atoms. The van der Waals surface area contributed by atoms with Crippen LogP contribution >= 0.6 is 11.8 Å². The fourth-order valence-corrected chi connectivity index (χ4v) is 4.50. The molecule has 1 N–H and O–H groups in total. The number of methoxy groups -OCH3 is 1. The summed E-state index contributed by atoms with van der Waals surface area (Å²) in [5.74, 6) is 0.174. The van der Waals surface area contributed by atoms with E-state index in [9.17, 15) is 14.4 Å². The number of thioether (sulfide) groups is 1. The smallest absolute Gasteiger partial charge is 0.293 e. The molecule has 0 bridgehead atoms. The summed E-state index contributed by atoms with van der Waals surface area (Å²) in [6, 6.07) is 20.2. The van der Waals surface area contributed by atoms with Crippen LogP contribution in [0.4, 0.5) is 10.5 Å². The molecule has 0 atom stereocenters. The maximum absolute atomic E-state index is 12.8. The first-order chi connectivity index (χ1) is 17.4. The number of ether oxygens (including phenoxy) is 2. The lowest BCUT2D eigenvalue weighted by Gasteiger charge is -2.13. The Morgan fingerprint density at radius 1 is 1.00 bits per heavy atom. The van der Waals surface area contributed by atoms with E-state index in [1.807, 2.05) is 62.4 Å². The number of nitrogens with zero attached hydrogens (tertiary/aromatic N) is 1. The number of carbonyl (C=O) groups is 3. The molecule has 8 heteroatoms. The third-order valence-electron chi connectivity index (χ3n) is 5.78. The van der Waals surface area contributed by atoms with Crippen molar-refractivity contribution in [3.05, 3.63) is 93.9 Å². The molecule has 0 unspecified atom stereocenters. The average Bonchev–Trinajstić information content (AvgIpc) is 3.13. The third-order valence-corrected chi connectivity index (χ3v) is 6.69. The van der Waals surface area contributed by atoms with Crippen molar-refractivity contribution < 1.29 is 23.9 Å². The molecule has 7 nitrogen and oxygen atoms in total. The van der Waals surface area contributed by atoms with Gasteiger partial charge in [-0.3, -0.25) is 19.3 Å². The number of anilines is 1. The van der Waals surface area contributed by atoms with Crippen LogP contribution in [-0.2, 0) is 16.1 Å². The summed E-state index contributed by atoms with van der Waals surface area (Å²) in [6.07, 6.45) is 1.65. The predicted molar refractivity (Wildman–Crippen MR) is 141 cm³/mol. The molecule has 0 radical (unpaired) electrons. The van der Waals surface area contributed by atoms with Gasteiger partial charge in [0, 0.05) is 5.69 Å². The molecule has 1 saturated heterocycles. The number of aryl methyl sites for hydroxylation is 1. The number of carbonyl (C=O) groups excluding carboxylic acids is 3. The highest BCUT2D eigenvalue weighted by atomic mass is 32.2. The highest BCUT2D eigenvalue weighted by Gasteiger charge is 2.35. The number of benzene rings is 3. The summed E-state index contributed by atoms with van der Waals surface area (Å²) < 4.78 is 11.1. The van der Waals surface area contributed by atoms with Crippen LogP contribution in [0.15, 0.2) is 71.6 Å². The minimum atomic E-state index is -0.337. The molecule has 1 aliphatic rings. The van der Waals surface area contributed by atoms with Crippen LogP contribution in [0.2, 0.25) is 0 Å². The van der Waals surface area contributed by atoms with E-state index in [1.165, 1.54) is 12.0 Å². The predicted octanol–water partition coefficient (Wildman–Crippen LogP) is 5.57. The molecule has 184 valence electrons. The van der Waals surface area contributed by atoms with Crippen LogP contribution in [0.5, 0.6) is 11.5 Å². The van der Waals surface area contributed by atoms with Crippen LogP contribution in [-0.4, -0.2) is 35.7 Å². The van der Waals surface area contributed by atoms with E-state index in [0.717, 1.165) is 34.1 Å². The maximum atomic E-state index is 12.8. The first-order valence-corrected chi connectivity index (χ1v) is 12.1. The average molecular weight is 503 g/mol. The monoisotopic (exact) mass is 502 g/mol. The lowest BCUT2D eigenvalue weighted by atomic mass is 10.1. The normalized spacial score (nSPS) is 14.3. The van der Waals surface area contributed by atoms with E-state index in [0.29, 0.717) is 22.0 Å². The van der Waals surface area contributed by atoms with Gasteiger partial charge < -0.3 is 14.8 Å². The third kappa shape index (κ3) is 5.78. The summed E-state index contributed by atoms with van der Waals surface area (Å²) in [7, 11) is 1.50. The van der Waals surface area contributed by atoms with E-state index >= 15 is 0 Å². The van der Waals surface area contributed by atoms with Gasteiger partial charge in [-0.1, -0.05) is 48.5 Å². The molecule has 3 aromatic carbocycles. The molecule has 1 fully saturated rings. The lowest BCUT2D eigenvalue weighted by Crippen LogP contribution is -2.27. The van der Waals surface area contributed by atoms with Gasteiger partial charge in [-0.2, -0.15) is 0 Å². The molecule has 3 aromatic rings. The van der Waals surface area contributed by atoms with Crippen molar-refractivity contribution in [3.8, 4) is 11.5 Å². The SMILES string of the molecule is COc1cc(/C=C2\SC(=O)N(Cc3ccccc3)C2=O)ccc1OCC(=O)Nc1cccc(C)c1C. The quantitative estimate of drug-likeness (QED) is 0.406. The Morgan fingerprint density at radius 2 is 1.78 bits per heavy atom. The number of rotatable bonds is 8. The zero-order chi connectivity index (χ0) is 25.7. The van der Waals surface area contributed by atoms with Crippen molar-refractivity contribution in [2.24, 2.45) is 0 Å². The minimum Gasteiger partial charge on any atom is -0.493 e. The van der Waals surface area contributed by atoms with Crippen molar-refractivity contribution in [2.45, 2.75) is 20.4 Å². The molecule has 3 amide bonds. The first kappa shape index (κ1) is 25.1.